The molecule has 0 N–H and O–H groups in total. The molecule has 1 aliphatic rings. The average molecular weight is 874 g/mol. The molecule has 0 bridgehead atoms. The molecule has 0 radical (unpaired) electrons. The van der Waals surface area contributed by atoms with Crippen molar-refractivity contribution in [3.63, 3.8) is 0 Å². The molecular weight excluding hydrogens is 823 g/mol. The van der Waals surface area contributed by atoms with Crippen LogP contribution >= 0.6 is 0 Å². The Bertz CT molecular complexity index is 3920. The molecule has 3 aromatic heterocycles. The lowest BCUT2D eigenvalue weighted by Gasteiger charge is -2.25. The summed E-state index contributed by atoms with van der Waals surface area (Å²) in [7, 11) is 0. The third-order valence-corrected chi connectivity index (χ3v) is 14.7. The Morgan fingerprint density at radius 1 is 0.324 bits per heavy atom. The van der Waals surface area contributed by atoms with Crippen LogP contribution in [0.1, 0.15) is 41.2 Å². The Kier molecular flexibility index (Phi) is 9.14. The summed E-state index contributed by atoms with van der Waals surface area (Å²) in [5.74, 6) is 0.298. The Labute approximate surface area is 397 Å². The van der Waals surface area contributed by atoms with E-state index >= 15 is 0 Å². The van der Waals surface area contributed by atoms with Gasteiger partial charge in [0.05, 0.1) is 33.1 Å². The number of allylic oxidation sites excluding steroid dienone is 4. The van der Waals surface area contributed by atoms with E-state index in [-0.39, 0.29) is 0 Å². The first kappa shape index (κ1) is 40.2. The van der Waals surface area contributed by atoms with Crippen LogP contribution in [-0.2, 0) is 0 Å². The van der Waals surface area contributed by atoms with Gasteiger partial charge in [0.1, 0.15) is 0 Å². The van der Waals surface area contributed by atoms with E-state index in [4.69, 9.17) is 0 Å². The van der Waals surface area contributed by atoms with Crippen molar-refractivity contribution in [2.45, 2.75) is 41.0 Å². The van der Waals surface area contributed by atoms with Gasteiger partial charge in [-0.25, -0.2) is 0 Å². The third kappa shape index (κ3) is 6.41. The van der Waals surface area contributed by atoms with Crippen molar-refractivity contribution < 1.29 is 0 Å². The summed E-state index contributed by atoms with van der Waals surface area (Å²) in [5, 5.41) is 7.78. The maximum Gasteiger partial charge on any atom is 0.0541 e. The van der Waals surface area contributed by atoms with Gasteiger partial charge in [0, 0.05) is 55.3 Å². The standard InChI is InChI=1S/C65H51N3/c1-40-14-27-62-55(32-40)56-33-41(2)15-28-63(56)67(62)52-25-20-46(21-26-52)49-37-48(45-18-23-51(24-19-45)66-60-12-8-6-10-53(60)54-11-7-9-13-61(54)66)38-50(39-49)47-22-31-59(44(5)36-47)68-64-29-16-42(3)34-57(64)58-35-43(4)17-30-65(58)68/h6-35,37-39,44H,36H2,1-5H3. The van der Waals surface area contributed by atoms with Crippen molar-refractivity contribution in [2.75, 3.05) is 0 Å². The lowest BCUT2D eigenvalue weighted by molar-refractivity contribution is 0.736. The molecule has 13 rings (SSSR count). The number of fused-ring (bicyclic) bond motifs is 9. The van der Waals surface area contributed by atoms with Gasteiger partial charge in [-0.15, -0.1) is 0 Å². The molecule has 68 heavy (non-hydrogen) atoms. The lowest BCUT2D eigenvalue weighted by Crippen LogP contribution is -2.10. The van der Waals surface area contributed by atoms with E-state index in [9.17, 15) is 0 Å². The number of aromatic nitrogens is 3. The molecule has 1 unspecified atom stereocenters. The summed E-state index contributed by atoms with van der Waals surface area (Å²) in [5.41, 5.74) is 23.7. The maximum atomic E-state index is 2.52. The van der Waals surface area contributed by atoms with Crippen LogP contribution in [0, 0.1) is 33.6 Å². The van der Waals surface area contributed by atoms with Crippen LogP contribution in [0.15, 0.2) is 200 Å². The van der Waals surface area contributed by atoms with Gasteiger partial charge in [-0.1, -0.05) is 120 Å². The number of nitrogens with zero attached hydrogens (tertiary/aromatic N) is 3. The molecule has 12 aromatic rings. The smallest absolute Gasteiger partial charge is 0.0541 e. The van der Waals surface area contributed by atoms with Crippen molar-refractivity contribution in [1.82, 2.24) is 13.7 Å². The molecule has 0 saturated carbocycles. The highest BCUT2D eigenvalue weighted by Gasteiger charge is 2.23. The zero-order chi connectivity index (χ0) is 45.8. The molecule has 3 heteroatoms. The minimum atomic E-state index is 0.298. The number of hydrogen-bond donors (Lipinski definition) is 0. The largest absolute Gasteiger partial charge is 0.313 e. The minimum Gasteiger partial charge on any atom is -0.313 e. The number of hydrogen-bond acceptors (Lipinski definition) is 0. The normalized spacial score (nSPS) is 14.2. The maximum absolute atomic E-state index is 2.52. The van der Waals surface area contributed by atoms with E-state index in [1.54, 1.807) is 0 Å². The van der Waals surface area contributed by atoms with Crippen LogP contribution in [0.5, 0.6) is 0 Å². The summed E-state index contributed by atoms with van der Waals surface area (Å²) >= 11 is 0. The van der Waals surface area contributed by atoms with Gasteiger partial charge in [0.2, 0.25) is 0 Å². The van der Waals surface area contributed by atoms with Crippen molar-refractivity contribution in [2.24, 2.45) is 5.92 Å². The lowest BCUT2D eigenvalue weighted by atomic mass is 9.86. The quantitative estimate of drug-likeness (QED) is 0.158. The first-order valence-corrected chi connectivity index (χ1v) is 24.0. The Morgan fingerprint density at radius 2 is 0.691 bits per heavy atom. The Balaban J connectivity index is 0.940. The molecule has 3 nitrogen and oxygen atoms in total. The van der Waals surface area contributed by atoms with Crippen LogP contribution in [0.4, 0.5) is 0 Å². The predicted molar refractivity (Wildman–Crippen MR) is 290 cm³/mol. The van der Waals surface area contributed by atoms with Crippen molar-refractivity contribution in [3.05, 3.63) is 228 Å². The first-order valence-electron chi connectivity index (χ1n) is 24.0. The predicted octanol–water partition coefficient (Wildman–Crippen LogP) is 17.5. The molecule has 0 fully saturated rings. The summed E-state index contributed by atoms with van der Waals surface area (Å²) in [6.45, 7) is 11.2. The number of aryl methyl sites for hydroxylation is 4. The molecule has 0 saturated heterocycles. The minimum absolute atomic E-state index is 0.298. The third-order valence-electron chi connectivity index (χ3n) is 14.7. The molecule has 1 aliphatic carbocycles. The van der Waals surface area contributed by atoms with E-state index in [1.807, 2.05) is 0 Å². The fourth-order valence-electron chi connectivity index (χ4n) is 11.4. The number of para-hydroxylation sites is 2. The second-order valence-electron chi connectivity index (χ2n) is 19.4. The highest BCUT2D eigenvalue weighted by atomic mass is 15.0. The van der Waals surface area contributed by atoms with Crippen LogP contribution in [-0.4, -0.2) is 13.7 Å². The molecule has 0 amide bonds. The summed E-state index contributed by atoms with van der Waals surface area (Å²) < 4.78 is 7.34. The zero-order valence-electron chi connectivity index (χ0n) is 39.2. The van der Waals surface area contributed by atoms with E-state index in [2.05, 4.69) is 249 Å². The fraction of sp³-hybridized carbons (Fsp3) is 0.108. The SMILES string of the molecule is Cc1ccc2c(c1)c1cc(C)ccc1n2C1=CC=C(c2cc(-c3ccc(-n4c5ccccc5c5ccccc54)cc3)cc(-c3ccc(-n4c5ccc(C)cc5c5cc(C)ccc54)cc3)c2)CC1C. The number of benzene rings is 9. The average Bonchev–Trinajstić information content (AvgIpc) is 3.98. The van der Waals surface area contributed by atoms with Gasteiger partial charge < -0.3 is 13.7 Å². The molecule has 3 heterocycles. The van der Waals surface area contributed by atoms with Gasteiger partial charge in [0.15, 0.2) is 0 Å². The number of rotatable bonds is 6. The summed E-state index contributed by atoms with van der Waals surface area (Å²) in [4.78, 5) is 0. The Morgan fingerprint density at radius 3 is 1.10 bits per heavy atom. The molecule has 326 valence electrons. The van der Waals surface area contributed by atoms with E-state index in [0.29, 0.717) is 5.92 Å². The van der Waals surface area contributed by atoms with E-state index in [0.717, 1.165) is 17.8 Å². The summed E-state index contributed by atoms with van der Waals surface area (Å²) in [6, 6.07) is 70.6. The van der Waals surface area contributed by atoms with Gasteiger partial charge in [-0.05, 0) is 177 Å². The monoisotopic (exact) mass is 873 g/mol. The summed E-state index contributed by atoms with van der Waals surface area (Å²) in [6.07, 6.45) is 5.71. The van der Waals surface area contributed by atoms with Gasteiger partial charge in [0.25, 0.3) is 0 Å². The Hall–Kier alpha value is -8.14. The highest BCUT2D eigenvalue weighted by Crippen LogP contribution is 2.42. The van der Waals surface area contributed by atoms with Crippen molar-refractivity contribution >= 4 is 76.7 Å². The fourth-order valence-corrected chi connectivity index (χ4v) is 11.4. The topological polar surface area (TPSA) is 14.8 Å². The van der Waals surface area contributed by atoms with Gasteiger partial charge >= 0.3 is 0 Å². The first-order chi connectivity index (χ1) is 33.2. The molecule has 0 aliphatic heterocycles. The van der Waals surface area contributed by atoms with Crippen molar-refractivity contribution in [1.29, 1.82) is 0 Å². The van der Waals surface area contributed by atoms with Crippen LogP contribution < -0.4 is 0 Å². The highest BCUT2D eigenvalue weighted by molar-refractivity contribution is 6.12. The van der Waals surface area contributed by atoms with Crippen molar-refractivity contribution in [3.8, 4) is 33.6 Å². The van der Waals surface area contributed by atoms with E-state index < -0.39 is 0 Å². The molecule has 1 atom stereocenters. The molecule has 9 aromatic carbocycles. The zero-order valence-corrected chi connectivity index (χ0v) is 39.2. The van der Waals surface area contributed by atoms with Crippen LogP contribution in [0.2, 0.25) is 0 Å². The van der Waals surface area contributed by atoms with Gasteiger partial charge in [-0.2, -0.15) is 0 Å². The van der Waals surface area contributed by atoms with Gasteiger partial charge in [-0.3, -0.25) is 0 Å². The molecule has 0 spiro atoms. The van der Waals surface area contributed by atoms with Crippen LogP contribution in [0.3, 0.4) is 0 Å². The molecular formula is C65H51N3. The second kappa shape index (κ2) is 15.5. The van der Waals surface area contributed by atoms with E-state index in [1.165, 1.54) is 127 Å². The second-order valence-corrected chi connectivity index (χ2v) is 19.4. The van der Waals surface area contributed by atoms with Crippen LogP contribution in [0.25, 0.3) is 110 Å².